The maximum Gasteiger partial charge on any atom is 0.162 e. The number of fused-ring (bicyclic) bond motifs is 2. The van der Waals surface area contributed by atoms with Crippen molar-refractivity contribution in [2.24, 2.45) is 17.8 Å². The number of hydrogen-bond acceptors (Lipinski definition) is 4. The molecular formula is C44H55IrN2O3-. The number of benzene rings is 2. The van der Waals surface area contributed by atoms with E-state index in [0.29, 0.717) is 5.92 Å². The van der Waals surface area contributed by atoms with E-state index in [0.717, 1.165) is 70.8 Å². The molecule has 0 aliphatic rings. The van der Waals surface area contributed by atoms with Crippen LogP contribution in [0.5, 0.6) is 0 Å². The summed E-state index contributed by atoms with van der Waals surface area (Å²) in [5.41, 5.74) is 7.59. The van der Waals surface area contributed by atoms with Crippen molar-refractivity contribution in [3.05, 3.63) is 103 Å². The van der Waals surface area contributed by atoms with Gasteiger partial charge in [0.05, 0.1) is 24.4 Å². The number of aromatic nitrogens is 2. The molecule has 0 bridgehead atoms. The summed E-state index contributed by atoms with van der Waals surface area (Å²) in [7, 11) is 4.28. The zero-order valence-electron chi connectivity index (χ0n) is 31.4. The smallest absolute Gasteiger partial charge is 0.162 e. The number of ketones is 1. The average Bonchev–Trinajstić information content (AvgIpc) is 3.47. The summed E-state index contributed by atoms with van der Waals surface area (Å²) in [6, 6.07) is 18.7. The van der Waals surface area contributed by atoms with Gasteiger partial charge in [-0.05, 0) is 66.7 Å². The van der Waals surface area contributed by atoms with Crippen molar-refractivity contribution in [1.82, 2.24) is 4.98 Å². The third-order valence-corrected chi connectivity index (χ3v) is 9.48. The van der Waals surface area contributed by atoms with Crippen LogP contribution in [-0.2, 0) is 36.7 Å². The fraction of sp³-hybridized carbons (Fsp3) is 0.409. The summed E-state index contributed by atoms with van der Waals surface area (Å²) in [5.74, 6) is 1.09. The van der Waals surface area contributed by atoms with Crippen LogP contribution in [0.3, 0.4) is 0 Å². The topological polar surface area (TPSA) is 67.2 Å². The molecule has 1 N–H and O–H groups in total. The fourth-order valence-corrected chi connectivity index (χ4v) is 6.56. The van der Waals surface area contributed by atoms with Gasteiger partial charge in [0.15, 0.2) is 11.4 Å². The normalized spacial score (nSPS) is 12.0. The van der Waals surface area contributed by atoms with Gasteiger partial charge in [-0.1, -0.05) is 91.5 Å². The van der Waals surface area contributed by atoms with Crippen molar-refractivity contribution < 1.29 is 39.0 Å². The Labute approximate surface area is 313 Å². The Bertz CT molecular complexity index is 1910. The van der Waals surface area contributed by atoms with E-state index in [4.69, 9.17) is 4.42 Å². The Kier molecular flexibility index (Phi) is 14.6. The van der Waals surface area contributed by atoms with E-state index in [-0.39, 0.29) is 48.9 Å². The number of furan rings is 1. The van der Waals surface area contributed by atoms with Crippen LogP contribution in [-0.4, -0.2) is 15.9 Å². The number of pyridine rings is 2. The Morgan fingerprint density at radius 3 is 2.28 bits per heavy atom. The predicted molar refractivity (Wildman–Crippen MR) is 203 cm³/mol. The first-order chi connectivity index (χ1) is 23.3. The third-order valence-electron chi connectivity index (χ3n) is 9.48. The van der Waals surface area contributed by atoms with Gasteiger partial charge in [0.2, 0.25) is 0 Å². The van der Waals surface area contributed by atoms with Crippen molar-refractivity contribution in [2.45, 2.75) is 99.8 Å². The van der Waals surface area contributed by atoms with Crippen molar-refractivity contribution in [2.75, 3.05) is 0 Å². The van der Waals surface area contributed by atoms with E-state index in [2.05, 4.69) is 95.2 Å². The van der Waals surface area contributed by atoms with Gasteiger partial charge < -0.3 is 14.1 Å². The van der Waals surface area contributed by atoms with E-state index in [1.165, 1.54) is 22.6 Å². The molecule has 0 saturated carbocycles. The first-order valence-corrected chi connectivity index (χ1v) is 17.9. The molecule has 0 fully saturated rings. The third kappa shape index (κ3) is 9.53. The molecule has 6 heteroatoms. The van der Waals surface area contributed by atoms with Gasteiger partial charge in [-0.3, -0.25) is 9.78 Å². The molecule has 0 amide bonds. The van der Waals surface area contributed by atoms with Gasteiger partial charge in [0.1, 0.15) is 5.69 Å². The van der Waals surface area contributed by atoms with Crippen LogP contribution in [0.2, 0.25) is 0 Å². The maximum atomic E-state index is 11.7. The molecule has 2 aromatic carbocycles. The number of aliphatic hydroxyl groups excluding tert-OH is 1. The number of nitrogens with zero attached hydrogens (tertiary/aromatic N) is 2. The van der Waals surface area contributed by atoms with E-state index >= 15 is 0 Å². The molecule has 0 saturated heterocycles. The number of rotatable bonds is 11. The van der Waals surface area contributed by atoms with Gasteiger partial charge in [-0.2, -0.15) is 0 Å². The van der Waals surface area contributed by atoms with E-state index in [1.54, 1.807) is 6.20 Å². The molecular weight excluding hydrogens is 797 g/mol. The van der Waals surface area contributed by atoms with E-state index < -0.39 is 0 Å². The van der Waals surface area contributed by atoms with Crippen molar-refractivity contribution in [1.29, 1.82) is 0 Å². The molecule has 0 spiro atoms. The van der Waals surface area contributed by atoms with Gasteiger partial charge in [0, 0.05) is 62.2 Å². The summed E-state index contributed by atoms with van der Waals surface area (Å²) in [5, 5.41) is 13.3. The fourth-order valence-electron chi connectivity index (χ4n) is 6.56. The Balaban J connectivity index is 0.000000361. The SMILES string of the molecule is CCC(CC)C(=O)/C=C(\O)C(CC)CC.[CH2-][n+]1ccc(-c2cncc3occ(CC(C)C)c23)cc1-c1[c-]c2ccccc2c(C(C)(C)C)c1.[Ir]. The van der Waals surface area contributed by atoms with E-state index in [1.807, 2.05) is 50.9 Å². The molecule has 0 atom stereocenters. The van der Waals surface area contributed by atoms with Crippen molar-refractivity contribution in [3.8, 4) is 22.4 Å². The number of allylic oxidation sites excluding steroid dienone is 2. The first kappa shape index (κ1) is 40.7. The summed E-state index contributed by atoms with van der Waals surface area (Å²) >= 11 is 0. The van der Waals surface area contributed by atoms with Crippen molar-refractivity contribution in [3.63, 3.8) is 0 Å². The molecule has 5 aromatic rings. The Morgan fingerprint density at radius 2 is 1.66 bits per heavy atom. The average molecular weight is 852 g/mol. The molecule has 0 aliphatic heterocycles. The molecule has 3 aromatic heterocycles. The van der Waals surface area contributed by atoms with Crippen LogP contribution < -0.4 is 4.57 Å². The Morgan fingerprint density at radius 1 is 1.00 bits per heavy atom. The zero-order chi connectivity index (χ0) is 35.9. The molecule has 0 unspecified atom stereocenters. The maximum absolute atomic E-state index is 11.7. The number of carbonyl (C=O) groups is 1. The van der Waals surface area contributed by atoms with Crippen molar-refractivity contribution >= 4 is 27.5 Å². The summed E-state index contributed by atoms with van der Waals surface area (Å²) < 4.78 is 7.79. The van der Waals surface area contributed by atoms with E-state index in [9.17, 15) is 9.90 Å². The van der Waals surface area contributed by atoms with Gasteiger partial charge in [0.25, 0.3) is 0 Å². The van der Waals surface area contributed by atoms with Crippen LogP contribution in [0.25, 0.3) is 44.1 Å². The molecule has 50 heavy (non-hydrogen) atoms. The van der Waals surface area contributed by atoms with Crippen LogP contribution >= 0.6 is 0 Å². The summed E-state index contributed by atoms with van der Waals surface area (Å²) in [4.78, 5) is 16.2. The number of aliphatic hydroxyl groups is 1. The molecule has 5 nitrogen and oxygen atoms in total. The van der Waals surface area contributed by atoms with Gasteiger partial charge in [-0.15, -0.1) is 29.1 Å². The molecule has 5 rings (SSSR count). The minimum atomic E-state index is 0. The van der Waals surface area contributed by atoms with Gasteiger partial charge >= 0.3 is 0 Å². The summed E-state index contributed by atoms with van der Waals surface area (Å²) in [6.07, 6.45) is 13.5. The van der Waals surface area contributed by atoms with Crippen LogP contribution in [0.1, 0.15) is 99.1 Å². The van der Waals surface area contributed by atoms with Crippen LogP contribution in [0.4, 0.5) is 0 Å². The monoisotopic (exact) mass is 852 g/mol. The van der Waals surface area contributed by atoms with Crippen LogP contribution in [0.15, 0.2) is 83.6 Å². The van der Waals surface area contributed by atoms with Crippen LogP contribution in [0, 0.1) is 30.9 Å². The molecule has 269 valence electrons. The zero-order valence-corrected chi connectivity index (χ0v) is 33.8. The number of carbonyl (C=O) groups excluding carboxylic acids is 1. The van der Waals surface area contributed by atoms with Gasteiger partial charge in [-0.25, -0.2) is 0 Å². The second-order valence-corrected chi connectivity index (χ2v) is 14.6. The molecule has 1 radical (unpaired) electrons. The summed E-state index contributed by atoms with van der Waals surface area (Å²) in [6.45, 7) is 19.3. The second kappa shape index (κ2) is 18.0. The standard InChI is InChI=1S/C31H31N2O.C13H24O2.Ir/c1-20(2)13-24-19-34-29-18-32-17-26(30(24)29)22-11-12-33(6)28(16-22)23-14-21-9-7-8-10-25(21)27(15-23)31(3,4)5;1-5-10(6-2)12(14)9-13(15)11(7-3)8-4;/h7-12,15-20H,6,13H2,1-5H3;9-11,14H,5-8H2,1-4H3;/q-1;;/b;12-9-;. The quantitative estimate of drug-likeness (QED) is 0.0622. The molecule has 0 aliphatic carbocycles. The predicted octanol–water partition coefficient (Wildman–Crippen LogP) is 11.4. The number of hydrogen-bond donors (Lipinski definition) is 1. The molecule has 3 heterocycles. The second-order valence-electron chi connectivity index (χ2n) is 14.6. The minimum Gasteiger partial charge on any atom is -0.512 e. The minimum absolute atomic E-state index is 0. The Hall–Kier alpha value is -3.73. The largest absolute Gasteiger partial charge is 0.512 e. The first-order valence-electron chi connectivity index (χ1n) is 17.9.